The number of allylic oxidation sites excluding steroid dienone is 10. The smallest absolute Gasteiger partial charge is 0.306 e. The lowest BCUT2D eigenvalue weighted by molar-refractivity contribution is -0.167. The SMILES string of the molecule is CC/C=C\C/C=C\C/C=C\C/C=C\C/C=C\CCCC(=O)OCC(COC(=O)CCCCCCCCCCCCCCCCCCCCCCCCCCCCC)OC(=O)CCCCCCCCCCCCCCCCCCCCCC. The van der Waals surface area contributed by atoms with E-state index in [2.05, 4.69) is 81.5 Å². The first kappa shape index (κ1) is 79.1. The van der Waals surface area contributed by atoms with Crippen molar-refractivity contribution in [2.75, 3.05) is 13.2 Å². The summed E-state index contributed by atoms with van der Waals surface area (Å²) in [5.74, 6) is -0.920. The highest BCUT2D eigenvalue weighted by atomic mass is 16.6. The van der Waals surface area contributed by atoms with E-state index in [4.69, 9.17) is 14.2 Å². The van der Waals surface area contributed by atoms with Crippen LogP contribution in [-0.2, 0) is 28.6 Å². The van der Waals surface area contributed by atoms with Crippen molar-refractivity contribution < 1.29 is 28.6 Å². The maximum atomic E-state index is 13.0. The van der Waals surface area contributed by atoms with Gasteiger partial charge in [0.05, 0.1) is 0 Å². The highest BCUT2D eigenvalue weighted by Gasteiger charge is 2.19. The molecule has 0 bridgehead atoms. The van der Waals surface area contributed by atoms with Crippen LogP contribution in [0.2, 0.25) is 0 Å². The van der Waals surface area contributed by atoms with Gasteiger partial charge in [0.25, 0.3) is 0 Å². The monoisotopic (exact) mass is 1150 g/mol. The van der Waals surface area contributed by atoms with Crippen molar-refractivity contribution in [1.29, 1.82) is 0 Å². The Kier molecular flexibility index (Phi) is 68.1. The van der Waals surface area contributed by atoms with Crippen LogP contribution in [0.4, 0.5) is 0 Å². The van der Waals surface area contributed by atoms with Crippen LogP contribution in [0.3, 0.4) is 0 Å². The zero-order valence-electron chi connectivity index (χ0n) is 55.0. The second-order valence-corrected chi connectivity index (χ2v) is 24.5. The molecule has 0 spiro atoms. The molecule has 0 fully saturated rings. The highest BCUT2D eigenvalue weighted by Crippen LogP contribution is 2.19. The van der Waals surface area contributed by atoms with Crippen molar-refractivity contribution in [3.05, 3.63) is 60.8 Å². The van der Waals surface area contributed by atoms with Crippen molar-refractivity contribution in [2.24, 2.45) is 0 Å². The fourth-order valence-corrected chi connectivity index (χ4v) is 10.9. The van der Waals surface area contributed by atoms with E-state index in [1.54, 1.807) is 0 Å². The fraction of sp³-hybridized carbons (Fsp3) is 0.829. The van der Waals surface area contributed by atoms with E-state index < -0.39 is 6.10 Å². The molecule has 0 rings (SSSR count). The van der Waals surface area contributed by atoms with E-state index in [1.165, 1.54) is 263 Å². The molecule has 0 amide bonds. The minimum Gasteiger partial charge on any atom is -0.462 e. The number of carbonyl (C=O) groups is 3. The molecule has 0 radical (unpaired) electrons. The van der Waals surface area contributed by atoms with E-state index in [9.17, 15) is 14.4 Å². The van der Waals surface area contributed by atoms with Gasteiger partial charge in [0.15, 0.2) is 6.10 Å². The Labute approximate surface area is 510 Å². The average Bonchev–Trinajstić information content (AvgIpc) is 3.47. The van der Waals surface area contributed by atoms with E-state index in [-0.39, 0.29) is 37.5 Å². The fourth-order valence-electron chi connectivity index (χ4n) is 10.9. The number of ether oxygens (including phenoxy) is 3. The third-order valence-corrected chi connectivity index (χ3v) is 16.3. The van der Waals surface area contributed by atoms with Gasteiger partial charge in [-0.15, -0.1) is 0 Å². The van der Waals surface area contributed by atoms with Gasteiger partial charge < -0.3 is 14.2 Å². The largest absolute Gasteiger partial charge is 0.462 e. The lowest BCUT2D eigenvalue weighted by Gasteiger charge is -2.18. The number of rotatable bonds is 67. The van der Waals surface area contributed by atoms with Crippen LogP contribution in [0.15, 0.2) is 60.8 Å². The molecule has 0 saturated carbocycles. The minimum atomic E-state index is -0.796. The quantitative estimate of drug-likeness (QED) is 0.0261. The lowest BCUT2D eigenvalue weighted by Crippen LogP contribution is -2.30. The van der Waals surface area contributed by atoms with Gasteiger partial charge in [-0.05, 0) is 57.8 Å². The van der Waals surface area contributed by atoms with Gasteiger partial charge in [0, 0.05) is 19.3 Å². The first-order chi connectivity index (χ1) is 40.5. The second-order valence-electron chi connectivity index (χ2n) is 24.5. The summed E-state index contributed by atoms with van der Waals surface area (Å²) in [5, 5.41) is 0. The Balaban J connectivity index is 4.30. The third kappa shape index (κ3) is 67.9. The van der Waals surface area contributed by atoms with Gasteiger partial charge in [-0.2, -0.15) is 0 Å². The van der Waals surface area contributed by atoms with Crippen LogP contribution >= 0.6 is 0 Å². The molecule has 0 aliphatic rings. The topological polar surface area (TPSA) is 78.9 Å². The van der Waals surface area contributed by atoms with Crippen molar-refractivity contribution in [1.82, 2.24) is 0 Å². The predicted octanol–water partition coefficient (Wildman–Crippen LogP) is 25.1. The summed E-state index contributed by atoms with van der Waals surface area (Å²) >= 11 is 0. The summed E-state index contributed by atoms with van der Waals surface area (Å²) in [6.45, 7) is 6.56. The molecule has 0 aromatic rings. The molecule has 6 nitrogen and oxygen atoms in total. The summed E-state index contributed by atoms with van der Waals surface area (Å²) in [7, 11) is 0. The Hall–Kier alpha value is -2.89. The zero-order valence-corrected chi connectivity index (χ0v) is 55.0. The average molecular weight is 1150 g/mol. The lowest BCUT2D eigenvalue weighted by atomic mass is 10.0. The maximum absolute atomic E-state index is 13.0. The summed E-state index contributed by atoms with van der Waals surface area (Å²) < 4.78 is 17.0. The van der Waals surface area contributed by atoms with Gasteiger partial charge in [-0.25, -0.2) is 0 Å². The molecule has 0 aromatic heterocycles. The normalized spacial score (nSPS) is 12.4. The number of hydrogen-bond donors (Lipinski definition) is 0. The van der Waals surface area contributed by atoms with Gasteiger partial charge >= 0.3 is 17.9 Å². The number of unbranched alkanes of at least 4 members (excludes halogenated alkanes) is 46. The van der Waals surface area contributed by atoms with Crippen molar-refractivity contribution in [2.45, 2.75) is 393 Å². The predicted molar refractivity (Wildman–Crippen MR) is 358 cm³/mol. The summed E-state index contributed by atoms with van der Waals surface area (Å²) in [6.07, 6.45) is 91.3. The second kappa shape index (κ2) is 70.6. The summed E-state index contributed by atoms with van der Waals surface area (Å²) in [4.78, 5) is 38.5. The molecule has 0 N–H and O–H groups in total. The molecule has 0 saturated heterocycles. The van der Waals surface area contributed by atoms with Crippen molar-refractivity contribution >= 4 is 17.9 Å². The standard InChI is InChI=1S/C76H138O6/c1-4-7-10-13-16-19-22-25-28-31-33-35-36-37-38-39-40-41-43-45-48-51-54-57-60-63-66-69-75(78)81-72-73(71-80-74(77)68-65-62-59-56-53-50-47-44-30-27-24-21-18-15-12-9-6-3)82-76(79)70-67-64-61-58-55-52-49-46-42-34-32-29-26-23-20-17-14-11-8-5-2/h9,12,18,21,27,30,47,50,56,59,73H,4-8,10-11,13-17,19-20,22-26,28-29,31-46,48-49,51-55,57-58,60-72H2,1-3H3/b12-9-,21-18-,30-27-,50-47-,59-56-. The van der Waals surface area contributed by atoms with Gasteiger partial charge in [-0.1, -0.05) is 370 Å². The van der Waals surface area contributed by atoms with Crippen molar-refractivity contribution in [3.8, 4) is 0 Å². The Morgan fingerprint density at radius 3 is 0.744 bits per heavy atom. The van der Waals surface area contributed by atoms with Crippen LogP contribution in [0.1, 0.15) is 387 Å². The summed E-state index contributed by atoms with van der Waals surface area (Å²) in [5.41, 5.74) is 0. The molecule has 1 atom stereocenters. The van der Waals surface area contributed by atoms with Crippen LogP contribution < -0.4 is 0 Å². The Bertz CT molecular complexity index is 1460. The molecule has 0 aliphatic carbocycles. The molecule has 0 aromatic carbocycles. The summed E-state index contributed by atoms with van der Waals surface area (Å²) in [6, 6.07) is 0. The zero-order chi connectivity index (χ0) is 59.2. The van der Waals surface area contributed by atoms with Crippen LogP contribution in [0.25, 0.3) is 0 Å². The number of carbonyl (C=O) groups excluding carboxylic acids is 3. The van der Waals surface area contributed by atoms with Gasteiger partial charge in [-0.3, -0.25) is 14.4 Å². The molecule has 82 heavy (non-hydrogen) atoms. The first-order valence-electron chi connectivity index (χ1n) is 36.3. The van der Waals surface area contributed by atoms with Gasteiger partial charge in [0.1, 0.15) is 13.2 Å². The van der Waals surface area contributed by atoms with Gasteiger partial charge in [0.2, 0.25) is 0 Å². The maximum Gasteiger partial charge on any atom is 0.306 e. The van der Waals surface area contributed by atoms with Crippen LogP contribution in [-0.4, -0.2) is 37.2 Å². The van der Waals surface area contributed by atoms with Crippen LogP contribution in [0, 0.1) is 0 Å². The highest BCUT2D eigenvalue weighted by molar-refractivity contribution is 5.71. The Morgan fingerprint density at radius 2 is 0.476 bits per heavy atom. The van der Waals surface area contributed by atoms with E-state index in [0.717, 1.165) is 77.0 Å². The first-order valence-corrected chi connectivity index (χ1v) is 36.3. The van der Waals surface area contributed by atoms with E-state index >= 15 is 0 Å². The van der Waals surface area contributed by atoms with E-state index in [1.807, 2.05) is 0 Å². The molecule has 0 aliphatic heterocycles. The van der Waals surface area contributed by atoms with Crippen LogP contribution in [0.5, 0.6) is 0 Å². The minimum absolute atomic E-state index is 0.0867. The molecular formula is C76H138O6. The Morgan fingerprint density at radius 1 is 0.256 bits per heavy atom. The molecule has 478 valence electrons. The molecule has 1 unspecified atom stereocenters. The molecule has 0 heterocycles. The number of hydrogen-bond acceptors (Lipinski definition) is 6. The number of esters is 3. The van der Waals surface area contributed by atoms with Crippen molar-refractivity contribution in [3.63, 3.8) is 0 Å². The molecular weight excluding hydrogens is 1010 g/mol. The van der Waals surface area contributed by atoms with E-state index in [0.29, 0.717) is 19.3 Å². The third-order valence-electron chi connectivity index (χ3n) is 16.3. The molecule has 6 heteroatoms.